The summed E-state index contributed by atoms with van der Waals surface area (Å²) in [4.78, 5) is 22.8. The maximum Gasteiger partial charge on any atom is 0.332 e. The van der Waals surface area contributed by atoms with Crippen molar-refractivity contribution in [2.75, 3.05) is 6.61 Å². The fourth-order valence-electron chi connectivity index (χ4n) is 1.27. The van der Waals surface area contributed by atoms with Gasteiger partial charge in [0.1, 0.15) is 0 Å². The molecule has 98 valence electrons. The van der Waals surface area contributed by atoms with Gasteiger partial charge in [-0.2, -0.15) is 0 Å². The molecule has 0 spiro atoms. The fourth-order valence-corrected chi connectivity index (χ4v) is 1.48. The zero-order chi connectivity index (χ0) is 13.5. The minimum absolute atomic E-state index is 0.185. The number of ether oxygens (including phenoxy) is 1. The molecule has 1 unspecified atom stereocenters. The summed E-state index contributed by atoms with van der Waals surface area (Å²) in [6, 6.07) is 5.77. The molecule has 0 aliphatic heterocycles. The van der Waals surface area contributed by atoms with Gasteiger partial charge in [0, 0.05) is 11.6 Å². The quantitative estimate of drug-likeness (QED) is 0.614. The van der Waals surface area contributed by atoms with Gasteiger partial charge >= 0.3 is 5.97 Å². The third kappa shape index (κ3) is 4.01. The molecule has 18 heavy (non-hydrogen) atoms. The Balaban J connectivity index is 2.51. The van der Waals surface area contributed by atoms with Gasteiger partial charge in [-0.15, -0.1) is 0 Å². The lowest BCUT2D eigenvalue weighted by Crippen LogP contribution is -2.46. The van der Waals surface area contributed by atoms with E-state index in [0.29, 0.717) is 5.02 Å². The first kappa shape index (κ1) is 14.5. The Morgan fingerprint density at radius 3 is 2.72 bits per heavy atom. The highest BCUT2D eigenvalue weighted by Crippen LogP contribution is 2.14. The second-order valence-electron chi connectivity index (χ2n) is 3.54. The largest absolute Gasteiger partial charge is 0.464 e. The predicted molar refractivity (Wildman–Crippen MR) is 67.9 cm³/mol. The van der Waals surface area contributed by atoms with E-state index in [1.165, 1.54) is 0 Å². The van der Waals surface area contributed by atoms with Crippen LogP contribution in [0.2, 0.25) is 5.02 Å². The number of hydrogen-bond donors (Lipinski definition) is 2. The Bertz CT molecular complexity index is 437. The van der Waals surface area contributed by atoms with Crippen molar-refractivity contribution >= 4 is 23.5 Å². The van der Waals surface area contributed by atoms with Gasteiger partial charge in [0.2, 0.25) is 5.91 Å². The molecule has 0 saturated heterocycles. The summed E-state index contributed by atoms with van der Waals surface area (Å²) < 4.78 is 4.65. The predicted octanol–water partition coefficient (Wildman–Crippen LogP) is 0.847. The summed E-state index contributed by atoms with van der Waals surface area (Å²) >= 11 is 5.93. The molecule has 0 bridgehead atoms. The minimum atomic E-state index is -1.31. The van der Waals surface area contributed by atoms with Gasteiger partial charge in [-0.1, -0.05) is 29.8 Å². The summed E-state index contributed by atoms with van der Waals surface area (Å²) in [5, 5.41) is 3.07. The van der Waals surface area contributed by atoms with Crippen LogP contribution in [0, 0.1) is 0 Å². The molecule has 1 rings (SSSR count). The topological polar surface area (TPSA) is 81.4 Å². The smallest absolute Gasteiger partial charge is 0.332 e. The number of halogens is 1. The van der Waals surface area contributed by atoms with E-state index in [1.807, 2.05) is 0 Å². The number of nitrogens with two attached hydrogens (primary N) is 1. The first-order chi connectivity index (χ1) is 8.56. The van der Waals surface area contributed by atoms with E-state index in [4.69, 9.17) is 17.3 Å². The Morgan fingerprint density at radius 1 is 1.44 bits per heavy atom. The molecule has 1 atom stereocenters. The molecule has 0 fully saturated rings. The first-order valence-electron chi connectivity index (χ1n) is 5.49. The van der Waals surface area contributed by atoms with E-state index < -0.39 is 17.9 Å². The van der Waals surface area contributed by atoms with Crippen LogP contribution in [-0.4, -0.2) is 24.5 Å². The molecule has 0 radical (unpaired) electrons. The molecular weight excluding hydrogens is 256 g/mol. The van der Waals surface area contributed by atoms with Crippen molar-refractivity contribution < 1.29 is 14.3 Å². The van der Waals surface area contributed by atoms with Crippen LogP contribution in [0.25, 0.3) is 0 Å². The van der Waals surface area contributed by atoms with Gasteiger partial charge in [-0.05, 0) is 18.6 Å². The third-order valence-corrected chi connectivity index (χ3v) is 2.60. The van der Waals surface area contributed by atoms with Crippen molar-refractivity contribution in [2.24, 2.45) is 5.73 Å². The lowest BCUT2D eigenvalue weighted by molar-refractivity contribution is -0.148. The molecule has 0 aromatic heterocycles. The maximum absolute atomic E-state index is 11.6. The average molecular weight is 271 g/mol. The van der Waals surface area contributed by atoms with Crippen LogP contribution in [0.4, 0.5) is 0 Å². The number of hydrogen-bond acceptors (Lipinski definition) is 4. The van der Waals surface area contributed by atoms with Crippen molar-refractivity contribution in [3.05, 3.63) is 34.9 Å². The third-order valence-electron chi connectivity index (χ3n) is 2.23. The van der Waals surface area contributed by atoms with Crippen LogP contribution in [-0.2, 0) is 20.9 Å². The lowest BCUT2D eigenvalue weighted by Gasteiger charge is -2.11. The van der Waals surface area contributed by atoms with Gasteiger partial charge in [-0.3, -0.25) is 4.79 Å². The highest BCUT2D eigenvalue weighted by Gasteiger charge is 2.22. The van der Waals surface area contributed by atoms with Crippen molar-refractivity contribution in [3.63, 3.8) is 0 Å². The zero-order valence-corrected chi connectivity index (χ0v) is 10.7. The first-order valence-corrected chi connectivity index (χ1v) is 5.87. The molecule has 0 heterocycles. The van der Waals surface area contributed by atoms with Crippen LogP contribution >= 0.6 is 11.6 Å². The van der Waals surface area contributed by atoms with Crippen LogP contribution in [0.3, 0.4) is 0 Å². The zero-order valence-electron chi connectivity index (χ0n) is 9.98. The van der Waals surface area contributed by atoms with Crippen molar-refractivity contribution in [2.45, 2.75) is 19.5 Å². The lowest BCUT2D eigenvalue weighted by atomic mass is 10.2. The highest BCUT2D eigenvalue weighted by atomic mass is 35.5. The Kier molecular flexibility index (Phi) is 5.61. The molecule has 0 saturated carbocycles. The number of nitrogens with one attached hydrogen (secondary N) is 1. The summed E-state index contributed by atoms with van der Waals surface area (Å²) in [6.07, 6.45) is 0. The van der Waals surface area contributed by atoms with Crippen molar-refractivity contribution in [1.29, 1.82) is 0 Å². The average Bonchev–Trinajstić information content (AvgIpc) is 2.36. The molecular formula is C12H15ClN2O3. The maximum atomic E-state index is 11.6. The van der Waals surface area contributed by atoms with Crippen LogP contribution < -0.4 is 11.1 Å². The number of carbonyl (C=O) groups excluding carboxylic acids is 2. The van der Waals surface area contributed by atoms with Crippen LogP contribution in [0.15, 0.2) is 24.3 Å². The summed E-state index contributed by atoms with van der Waals surface area (Å²) in [6.45, 7) is 2.04. The molecule has 1 aromatic carbocycles. The van der Waals surface area contributed by atoms with E-state index in [0.717, 1.165) is 5.56 Å². The van der Waals surface area contributed by atoms with E-state index in [-0.39, 0.29) is 13.2 Å². The van der Waals surface area contributed by atoms with Gasteiger partial charge in [0.15, 0.2) is 6.04 Å². The number of benzene rings is 1. The Morgan fingerprint density at radius 2 is 2.11 bits per heavy atom. The molecule has 6 heteroatoms. The SMILES string of the molecule is CCOC(=O)C(N)C(=O)NCc1ccccc1Cl. The number of rotatable bonds is 5. The molecule has 1 amide bonds. The second-order valence-corrected chi connectivity index (χ2v) is 3.95. The van der Waals surface area contributed by atoms with E-state index in [1.54, 1.807) is 31.2 Å². The van der Waals surface area contributed by atoms with Crippen LogP contribution in [0.1, 0.15) is 12.5 Å². The van der Waals surface area contributed by atoms with Crippen LogP contribution in [0.5, 0.6) is 0 Å². The summed E-state index contributed by atoms with van der Waals surface area (Å²) in [5.74, 6) is -1.33. The van der Waals surface area contributed by atoms with Crippen molar-refractivity contribution in [1.82, 2.24) is 5.32 Å². The Hall–Kier alpha value is -1.59. The van der Waals surface area contributed by atoms with Gasteiger partial charge in [0.25, 0.3) is 0 Å². The number of amides is 1. The Labute approximate surface area is 110 Å². The highest BCUT2D eigenvalue weighted by molar-refractivity contribution is 6.31. The normalized spacial score (nSPS) is 11.7. The second kappa shape index (κ2) is 6.98. The summed E-state index contributed by atoms with van der Waals surface area (Å²) in [7, 11) is 0. The van der Waals surface area contributed by atoms with E-state index >= 15 is 0 Å². The van der Waals surface area contributed by atoms with Crippen molar-refractivity contribution in [3.8, 4) is 0 Å². The molecule has 0 aliphatic rings. The van der Waals surface area contributed by atoms with E-state index in [2.05, 4.69) is 10.1 Å². The molecule has 1 aromatic rings. The standard InChI is InChI=1S/C12H15ClN2O3/c1-2-18-12(17)10(14)11(16)15-7-8-5-3-4-6-9(8)13/h3-6,10H,2,7,14H2,1H3,(H,15,16). The minimum Gasteiger partial charge on any atom is -0.464 e. The monoisotopic (exact) mass is 270 g/mol. The summed E-state index contributed by atoms with van der Waals surface area (Å²) in [5.41, 5.74) is 6.18. The van der Waals surface area contributed by atoms with Gasteiger partial charge in [-0.25, -0.2) is 4.79 Å². The fraction of sp³-hybridized carbons (Fsp3) is 0.333. The molecule has 5 nitrogen and oxygen atoms in total. The number of carbonyl (C=O) groups is 2. The van der Waals surface area contributed by atoms with Gasteiger partial charge < -0.3 is 15.8 Å². The molecule has 0 aliphatic carbocycles. The van der Waals surface area contributed by atoms with E-state index in [9.17, 15) is 9.59 Å². The van der Waals surface area contributed by atoms with Gasteiger partial charge in [0.05, 0.1) is 6.61 Å². The molecule has 3 N–H and O–H groups in total. The number of esters is 1.